The van der Waals surface area contributed by atoms with Gasteiger partial charge in [0.25, 0.3) is 0 Å². The van der Waals surface area contributed by atoms with E-state index in [2.05, 4.69) is 22.0 Å². The molecule has 1 heterocycles. The lowest BCUT2D eigenvalue weighted by molar-refractivity contribution is 0.321. The summed E-state index contributed by atoms with van der Waals surface area (Å²) < 4.78 is 0. The van der Waals surface area contributed by atoms with E-state index in [0.717, 1.165) is 0 Å². The molecule has 0 aliphatic carbocycles. The zero-order valence-electron chi connectivity index (χ0n) is 6.06. The van der Waals surface area contributed by atoms with Crippen molar-refractivity contribution in [2.75, 3.05) is 6.61 Å². The SMILES string of the molecule is OCC#Cc1nc(/C=N\O)cs1. The van der Waals surface area contributed by atoms with Crippen LogP contribution in [0, 0.1) is 11.8 Å². The second kappa shape index (κ2) is 4.49. The molecule has 12 heavy (non-hydrogen) atoms. The van der Waals surface area contributed by atoms with Gasteiger partial charge in [0.15, 0.2) is 5.01 Å². The zero-order valence-corrected chi connectivity index (χ0v) is 6.88. The average molecular weight is 182 g/mol. The standard InChI is InChI=1S/C7H6N2O2S/c10-3-1-2-7-9-6(4-8-11)5-12-7/h4-5,10-11H,3H2/b8-4-. The van der Waals surface area contributed by atoms with Crippen molar-refractivity contribution in [1.82, 2.24) is 4.98 Å². The molecule has 0 atom stereocenters. The van der Waals surface area contributed by atoms with Gasteiger partial charge in [0.1, 0.15) is 6.61 Å². The second-order valence-corrected chi connectivity index (χ2v) is 2.64. The van der Waals surface area contributed by atoms with E-state index >= 15 is 0 Å². The number of hydrogen-bond donors (Lipinski definition) is 2. The van der Waals surface area contributed by atoms with Gasteiger partial charge in [0.05, 0.1) is 11.9 Å². The Morgan fingerprint density at radius 1 is 1.75 bits per heavy atom. The predicted octanol–water partition coefficient (Wildman–Crippen LogP) is 0.295. The molecule has 2 N–H and O–H groups in total. The largest absolute Gasteiger partial charge is 0.411 e. The Kier molecular flexibility index (Phi) is 3.26. The summed E-state index contributed by atoms with van der Waals surface area (Å²) >= 11 is 1.33. The minimum absolute atomic E-state index is 0.178. The number of aliphatic hydroxyl groups is 1. The Balaban J connectivity index is 2.77. The van der Waals surface area contributed by atoms with Crippen LogP contribution in [0.3, 0.4) is 0 Å². The number of hydrogen-bond acceptors (Lipinski definition) is 5. The van der Waals surface area contributed by atoms with Crippen LogP contribution in [0.4, 0.5) is 0 Å². The number of aromatic nitrogens is 1. The Labute approximate surface area is 73.2 Å². The van der Waals surface area contributed by atoms with Crippen molar-refractivity contribution in [2.45, 2.75) is 0 Å². The molecular formula is C7H6N2O2S. The highest BCUT2D eigenvalue weighted by Crippen LogP contribution is 2.05. The van der Waals surface area contributed by atoms with Crippen LogP contribution in [-0.4, -0.2) is 28.1 Å². The summed E-state index contributed by atoms with van der Waals surface area (Å²) in [7, 11) is 0. The molecule has 0 saturated heterocycles. The normalized spacial score (nSPS) is 9.75. The van der Waals surface area contributed by atoms with E-state index < -0.39 is 0 Å². The van der Waals surface area contributed by atoms with E-state index in [1.165, 1.54) is 17.6 Å². The van der Waals surface area contributed by atoms with Gasteiger partial charge in [-0.15, -0.1) is 11.3 Å². The molecule has 0 unspecified atom stereocenters. The Bertz CT molecular complexity index is 335. The Morgan fingerprint density at radius 2 is 2.58 bits per heavy atom. The van der Waals surface area contributed by atoms with Gasteiger partial charge in [-0.2, -0.15) is 0 Å². The highest BCUT2D eigenvalue weighted by atomic mass is 32.1. The van der Waals surface area contributed by atoms with Crippen molar-refractivity contribution in [1.29, 1.82) is 0 Å². The molecule has 1 aromatic rings. The topological polar surface area (TPSA) is 65.7 Å². The Morgan fingerprint density at radius 3 is 3.25 bits per heavy atom. The maximum absolute atomic E-state index is 8.37. The van der Waals surface area contributed by atoms with Gasteiger partial charge in [-0.05, 0) is 5.92 Å². The summed E-state index contributed by atoms with van der Waals surface area (Å²) in [6.45, 7) is -0.178. The van der Waals surface area contributed by atoms with E-state index in [-0.39, 0.29) is 6.61 Å². The van der Waals surface area contributed by atoms with Gasteiger partial charge < -0.3 is 10.3 Å². The molecule has 1 rings (SSSR count). The van der Waals surface area contributed by atoms with Crippen LogP contribution in [0.1, 0.15) is 10.7 Å². The van der Waals surface area contributed by atoms with Crippen molar-refractivity contribution in [3.8, 4) is 11.8 Å². The molecule has 0 aliphatic heterocycles. The molecule has 0 spiro atoms. The fourth-order valence-electron chi connectivity index (χ4n) is 0.577. The summed E-state index contributed by atoms with van der Waals surface area (Å²) in [5.41, 5.74) is 0.560. The van der Waals surface area contributed by atoms with Gasteiger partial charge in [-0.25, -0.2) is 4.98 Å². The number of aliphatic hydroxyl groups excluding tert-OH is 1. The van der Waals surface area contributed by atoms with Crippen LogP contribution >= 0.6 is 11.3 Å². The molecule has 0 aliphatic rings. The second-order valence-electron chi connectivity index (χ2n) is 1.78. The first-order valence-electron chi connectivity index (χ1n) is 3.09. The van der Waals surface area contributed by atoms with Crippen molar-refractivity contribution < 1.29 is 10.3 Å². The van der Waals surface area contributed by atoms with Crippen LogP contribution < -0.4 is 0 Å². The molecule has 5 heteroatoms. The fourth-order valence-corrected chi connectivity index (χ4v) is 1.21. The first kappa shape index (κ1) is 8.71. The maximum Gasteiger partial charge on any atom is 0.167 e. The highest BCUT2D eigenvalue weighted by molar-refractivity contribution is 7.10. The first-order chi connectivity index (χ1) is 5.86. The molecule has 0 aromatic carbocycles. The van der Waals surface area contributed by atoms with Crippen LogP contribution in [0.25, 0.3) is 0 Å². The van der Waals surface area contributed by atoms with Gasteiger partial charge in [0, 0.05) is 5.38 Å². The number of rotatable bonds is 1. The number of thiazole rings is 1. The van der Waals surface area contributed by atoms with Gasteiger partial charge in [-0.1, -0.05) is 11.1 Å². The molecule has 4 nitrogen and oxygen atoms in total. The summed E-state index contributed by atoms with van der Waals surface area (Å²) in [5.74, 6) is 5.10. The summed E-state index contributed by atoms with van der Waals surface area (Å²) in [6.07, 6.45) is 1.22. The van der Waals surface area contributed by atoms with E-state index in [1.54, 1.807) is 5.38 Å². The molecule has 0 bridgehead atoms. The predicted molar refractivity (Wildman–Crippen MR) is 45.5 cm³/mol. The summed E-state index contributed by atoms with van der Waals surface area (Å²) in [5, 5.41) is 21.7. The highest BCUT2D eigenvalue weighted by Gasteiger charge is 1.94. The first-order valence-corrected chi connectivity index (χ1v) is 3.97. The van der Waals surface area contributed by atoms with Gasteiger partial charge in [-0.3, -0.25) is 0 Å². The lowest BCUT2D eigenvalue weighted by Gasteiger charge is -1.76. The van der Waals surface area contributed by atoms with E-state index in [0.29, 0.717) is 10.7 Å². The van der Waals surface area contributed by atoms with Crippen LogP contribution in [-0.2, 0) is 0 Å². The van der Waals surface area contributed by atoms with Gasteiger partial charge >= 0.3 is 0 Å². The molecule has 0 radical (unpaired) electrons. The Hall–Kier alpha value is -1.38. The molecular weight excluding hydrogens is 176 g/mol. The fraction of sp³-hybridized carbons (Fsp3) is 0.143. The van der Waals surface area contributed by atoms with Crippen molar-refractivity contribution >= 4 is 17.6 Å². The van der Waals surface area contributed by atoms with Crippen molar-refractivity contribution in [2.24, 2.45) is 5.16 Å². The molecule has 1 aromatic heterocycles. The van der Waals surface area contributed by atoms with Crippen LogP contribution in [0.2, 0.25) is 0 Å². The maximum atomic E-state index is 8.37. The third kappa shape index (κ3) is 2.34. The molecule has 0 saturated carbocycles. The minimum atomic E-state index is -0.178. The average Bonchev–Trinajstić information content (AvgIpc) is 2.50. The quantitative estimate of drug-likeness (QED) is 0.284. The molecule has 0 fully saturated rings. The molecule has 62 valence electrons. The number of nitrogens with zero attached hydrogens (tertiary/aromatic N) is 2. The smallest absolute Gasteiger partial charge is 0.167 e. The third-order valence-corrected chi connectivity index (χ3v) is 1.76. The lowest BCUT2D eigenvalue weighted by atomic mass is 10.5. The number of oxime groups is 1. The monoisotopic (exact) mass is 182 g/mol. The lowest BCUT2D eigenvalue weighted by Crippen LogP contribution is -1.80. The van der Waals surface area contributed by atoms with E-state index in [9.17, 15) is 0 Å². The minimum Gasteiger partial charge on any atom is -0.411 e. The zero-order chi connectivity index (χ0) is 8.81. The summed E-state index contributed by atoms with van der Waals surface area (Å²) in [4.78, 5) is 3.96. The van der Waals surface area contributed by atoms with E-state index in [1.807, 2.05) is 0 Å². The van der Waals surface area contributed by atoms with Gasteiger partial charge in [0.2, 0.25) is 0 Å². The third-order valence-electron chi connectivity index (χ3n) is 0.986. The summed E-state index contributed by atoms with van der Waals surface area (Å²) in [6, 6.07) is 0. The molecule has 0 amide bonds. The van der Waals surface area contributed by atoms with Crippen molar-refractivity contribution in [3.63, 3.8) is 0 Å². The van der Waals surface area contributed by atoms with E-state index in [4.69, 9.17) is 10.3 Å². The van der Waals surface area contributed by atoms with Crippen LogP contribution in [0.15, 0.2) is 10.5 Å². The van der Waals surface area contributed by atoms with Crippen LogP contribution in [0.5, 0.6) is 0 Å². The van der Waals surface area contributed by atoms with Crippen molar-refractivity contribution in [3.05, 3.63) is 16.1 Å².